The second kappa shape index (κ2) is 6.77. The van der Waals surface area contributed by atoms with Crippen LogP contribution in [0.2, 0.25) is 5.02 Å². The Kier molecular flexibility index (Phi) is 5.04. The normalized spacial score (nSPS) is 10.2. The van der Waals surface area contributed by atoms with Gasteiger partial charge in [-0.15, -0.1) is 0 Å². The molecule has 104 valence electrons. The van der Waals surface area contributed by atoms with E-state index in [0.29, 0.717) is 11.6 Å². The fourth-order valence-electron chi connectivity index (χ4n) is 1.72. The molecule has 0 fully saturated rings. The molecule has 0 heterocycles. The fourth-order valence-corrected chi connectivity index (χ4v) is 2.52. The Morgan fingerprint density at radius 2 is 2.05 bits per heavy atom. The molecule has 2 aromatic rings. The first-order valence-electron chi connectivity index (χ1n) is 6.10. The van der Waals surface area contributed by atoms with Crippen molar-refractivity contribution in [2.75, 3.05) is 5.32 Å². The average molecular weight is 354 g/mol. The van der Waals surface area contributed by atoms with Gasteiger partial charge in [-0.25, -0.2) is 4.79 Å². The number of aryl methyl sites for hydroxylation is 1. The van der Waals surface area contributed by atoms with E-state index in [-0.39, 0.29) is 6.03 Å². The van der Waals surface area contributed by atoms with Gasteiger partial charge in [0.2, 0.25) is 0 Å². The van der Waals surface area contributed by atoms with Crippen molar-refractivity contribution in [1.29, 1.82) is 0 Å². The summed E-state index contributed by atoms with van der Waals surface area (Å²) in [5.41, 5.74) is 2.82. The summed E-state index contributed by atoms with van der Waals surface area (Å²) in [4.78, 5) is 11.8. The van der Waals surface area contributed by atoms with Crippen LogP contribution < -0.4 is 10.6 Å². The number of benzene rings is 2. The topological polar surface area (TPSA) is 41.1 Å². The van der Waals surface area contributed by atoms with E-state index in [4.69, 9.17) is 11.6 Å². The van der Waals surface area contributed by atoms with Gasteiger partial charge in [0.1, 0.15) is 0 Å². The minimum Gasteiger partial charge on any atom is -0.334 e. The Bertz CT molecular complexity index is 631. The fraction of sp³-hybridized carbons (Fsp3) is 0.133. The molecule has 0 saturated heterocycles. The molecule has 3 nitrogen and oxygen atoms in total. The van der Waals surface area contributed by atoms with Gasteiger partial charge in [-0.05, 0) is 58.2 Å². The summed E-state index contributed by atoms with van der Waals surface area (Å²) in [5, 5.41) is 6.24. The number of carbonyl (C=O) groups excluding carboxylic acids is 1. The lowest BCUT2D eigenvalue weighted by Gasteiger charge is -2.10. The molecule has 2 aromatic carbocycles. The van der Waals surface area contributed by atoms with Crippen LogP contribution in [0.5, 0.6) is 0 Å². The number of hydrogen-bond donors (Lipinski definition) is 2. The first-order chi connectivity index (χ1) is 9.54. The van der Waals surface area contributed by atoms with Crippen LogP contribution in [0.4, 0.5) is 10.5 Å². The van der Waals surface area contributed by atoms with Gasteiger partial charge in [0.05, 0.1) is 5.69 Å². The molecule has 5 heteroatoms. The first-order valence-corrected chi connectivity index (χ1v) is 7.27. The molecule has 2 N–H and O–H groups in total. The Labute approximate surface area is 131 Å². The van der Waals surface area contributed by atoms with E-state index in [1.165, 1.54) is 0 Å². The molecule has 0 unspecified atom stereocenters. The molecule has 0 saturated carbocycles. The number of urea groups is 1. The Morgan fingerprint density at radius 1 is 1.25 bits per heavy atom. The second-order valence-corrected chi connectivity index (χ2v) is 5.71. The molecule has 0 atom stereocenters. The van der Waals surface area contributed by atoms with Crippen LogP contribution >= 0.6 is 27.5 Å². The molecule has 0 aliphatic rings. The lowest BCUT2D eigenvalue weighted by atomic mass is 10.2. The zero-order chi connectivity index (χ0) is 14.5. The summed E-state index contributed by atoms with van der Waals surface area (Å²) in [6, 6.07) is 12.9. The van der Waals surface area contributed by atoms with Gasteiger partial charge in [-0.3, -0.25) is 0 Å². The smallest absolute Gasteiger partial charge is 0.319 e. The van der Waals surface area contributed by atoms with E-state index in [0.717, 1.165) is 21.3 Å². The number of carbonyl (C=O) groups is 1. The number of nitrogens with one attached hydrogen (secondary N) is 2. The third-order valence-electron chi connectivity index (χ3n) is 2.71. The highest BCUT2D eigenvalue weighted by Crippen LogP contribution is 2.23. The molecule has 0 aromatic heterocycles. The third-order valence-corrected chi connectivity index (χ3v) is 3.61. The lowest BCUT2D eigenvalue weighted by molar-refractivity contribution is 0.251. The van der Waals surface area contributed by atoms with Crippen LogP contribution in [0.1, 0.15) is 11.1 Å². The zero-order valence-corrected chi connectivity index (χ0v) is 13.3. The number of halogens is 2. The molecule has 0 bridgehead atoms. The summed E-state index contributed by atoms with van der Waals surface area (Å²) in [5.74, 6) is 0. The minimum atomic E-state index is -0.255. The van der Waals surface area contributed by atoms with Crippen LogP contribution in [0.3, 0.4) is 0 Å². The maximum absolute atomic E-state index is 11.8. The molecule has 0 aliphatic heterocycles. The number of anilines is 1. The van der Waals surface area contributed by atoms with E-state index in [1.54, 1.807) is 6.07 Å². The van der Waals surface area contributed by atoms with Crippen LogP contribution in [0.15, 0.2) is 46.9 Å². The van der Waals surface area contributed by atoms with Crippen LogP contribution in [-0.2, 0) is 6.54 Å². The number of hydrogen-bond acceptors (Lipinski definition) is 1. The molecular formula is C15H14BrClN2O. The van der Waals surface area contributed by atoms with Crippen molar-refractivity contribution in [3.8, 4) is 0 Å². The maximum atomic E-state index is 11.8. The molecular weight excluding hydrogens is 340 g/mol. The SMILES string of the molecule is Cc1ccc(NC(=O)NCc2cccc(Cl)c2)c(Br)c1. The summed E-state index contributed by atoms with van der Waals surface area (Å²) in [6.07, 6.45) is 0. The summed E-state index contributed by atoms with van der Waals surface area (Å²) in [7, 11) is 0. The molecule has 0 aliphatic carbocycles. The van der Waals surface area contributed by atoms with E-state index >= 15 is 0 Å². The quantitative estimate of drug-likeness (QED) is 0.822. The highest BCUT2D eigenvalue weighted by molar-refractivity contribution is 9.10. The van der Waals surface area contributed by atoms with Gasteiger partial charge in [0, 0.05) is 16.0 Å². The summed E-state index contributed by atoms with van der Waals surface area (Å²) < 4.78 is 0.857. The van der Waals surface area contributed by atoms with Gasteiger partial charge >= 0.3 is 6.03 Å². The Balaban J connectivity index is 1.92. The molecule has 0 spiro atoms. The van der Waals surface area contributed by atoms with Gasteiger partial charge in [0.25, 0.3) is 0 Å². The highest BCUT2D eigenvalue weighted by Gasteiger charge is 2.05. The predicted molar refractivity (Wildman–Crippen MR) is 86.2 cm³/mol. The largest absolute Gasteiger partial charge is 0.334 e. The monoisotopic (exact) mass is 352 g/mol. The second-order valence-electron chi connectivity index (χ2n) is 4.42. The van der Waals surface area contributed by atoms with Gasteiger partial charge in [-0.1, -0.05) is 29.8 Å². The third kappa shape index (κ3) is 4.25. The maximum Gasteiger partial charge on any atom is 0.319 e. The average Bonchev–Trinajstić information content (AvgIpc) is 2.40. The van der Waals surface area contributed by atoms with Crippen molar-refractivity contribution in [3.63, 3.8) is 0 Å². The molecule has 0 radical (unpaired) electrons. The Morgan fingerprint density at radius 3 is 2.75 bits per heavy atom. The first kappa shape index (κ1) is 14.9. The van der Waals surface area contributed by atoms with Crippen molar-refractivity contribution in [2.45, 2.75) is 13.5 Å². The molecule has 20 heavy (non-hydrogen) atoms. The Hall–Kier alpha value is -1.52. The predicted octanol–water partition coefficient (Wildman–Crippen LogP) is 4.73. The van der Waals surface area contributed by atoms with Crippen molar-refractivity contribution in [3.05, 3.63) is 63.1 Å². The standard InChI is InChI=1S/C15H14BrClN2O/c1-10-5-6-14(13(16)7-10)19-15(20)18-9-11-3-2-4-12(17)8-11/h2-8H,9H2,1H3,(H2,18,19,20). The van der Waals surface area contributed by atoms with Crippen LogP contribution in [-0.4, -0.2) is 6.03 Å². The van der Waals surface area contributed by atoms with Gasteiger partial charge in [0.15, 0.2) is 0 Å². The summed E-state index contributed by atoms with van der Waals surface area (Å²) >= 11 is 9.31. The minimum absolute atomic E-state index is 0.255. The van der Waals surface area contributed by atoms with Crippen LogP contribution in [0, 0.1) is 6.92 Å². The van der Waals surface area contributed by atoms with E-state index in [2.05, 4.69) is 26.6 Å². The van der Waals surface area contributed by atoms with Crippen molar-refractivity contribution in [1.82, 2.24) is 5.32 Å². The molecule has 2 amide bonds. The van der Waals surface area contributed by atoms with E-state index in [1.807, 2.05) is 43.3 Å². The van der Waals surface area contributed by atoms with Crippen molar-refractivity contribution in [2.24, 2.45) is 0 Å². The van der Waals surface area contributed by atoms with Crippen LogP contribution in [0.25, 0.3) is 0 Å². The highest BCUT2D eigenvalue weighted by atomic mass is 79.9. The summed E-state index contributed by atoms with van der Waals surface area (Å²) in [6.45, 7) is 2.42. The number of rotatable bonds is 3. The number of amides is 2. The van der Waals surface area contributed by atoms with E-state index in [9.17, 15) is 4.79 Å². The van der Waals surface area contributed by atoms with Gasteiger partial charge in [-0.2, -0.15) is 0 Å². The molecule has 2 rings (SSSR count). The van der Waals surface area contributed by atoms with Crippen molar-refractivity contribution < 1.29 is 4.79 Å². The van der Waals surface area contributed by atoms with Crippen molar-refractivity contribution >= 4 is 39.2 Å². The van der Waals surface area contributed by atoms with E-state index < -0.39 is 0 Å². The zero-order valence-electron chi connectivity index (χ0n) is 10.9. The van der Waals surface area contributed by atoms with Gasteiger partial charge < -0.3 is 10.6 Å². The lowest BCUT2D eigenvalue weighted by Crippen LogP contribution is -2.28.